The number of nitrogens with one attached hydrogen (secondary N) is 1. The molecular formula is C12H23NO. The fourth-order valence-corrected chi connectivity index (χ4v) is 2.61. The van der Waals surface area contributed by atoms with Crippen LogP contribution in [0.3, 0.4) is 0 Å². The summed E-state index contributed by atoms with van der Waals surface area (Å²) >= 11 is 0. The highest BCUT2D eigenvalue weighted by Crippen LogP contribution is 2.47. The van der Waals surface area contributed by atoms with Gasteiger partial charge in [-0.15, -0.1) is 0 Å². The third-order valence-electron chi connectivity index (χ3n) is 3.66. The fourth-order valence-electron chi connectivity index (χ4n) is 2.61. The van der Waals surface area contributed by atoms with Crippen LogP contribution < -0.4 is 5.32 Å². The lowest BCUT2D eigenvalue weighted by atomic mass is 9.81. The van der Waals surface area contributed by atoms with Gasteiger partial charge in [-0.3, -0.25) is 0 Å². The van der Waals surface area contributed by atoms with Crippen LogP contribution in [0.5, 0.6) is 0 Å². The summed E-state index contributed by atoms with van der Waals surface area (Å²) in [5.74, 6) is 0.880. The zero-order valence-corrected chi connectivity index (χ0v) is 9.51. The molecule has 0 aromatic heterocycles. The first-order chi connectivity index (χ1) is 6.76. The number of rotatable bonds is 5. The Balaban J connectivity index is 1.84. The molecular weight excluding hydrogens is 174 g/mol. The van der Waals surface area contributed by atoms with E-state index < -0.39 is 0 Å². The molecule has 1 aliphatic carbocycles. The monoisotopic (exact) mass is 197 g/mol. The van der Waals surface area contributed by atoms with E-state index in [-0.39, 0.29) is 0 Å². The summed E-state index contributed by atoms with van der Waals surface area (Å²) < 4.78 is 5.88. The van der Waals surface area contributed by atoms with Crippen LogP contribution in [0.15, 0.2) is 0 Å². The minimum absolute atomic E-state index is 0.413. The van der Waals surface area contributed by atoms with E-state index in [0.29, 0.717) is 11.5 Å². The van der Waals surface area contributed by atoms with E-state index >= 15 is 0 Å². The summed E-state index contributed by atoms with van der Waals surface area (Å²) in [5.41, 5.74) is 0.413. The van der Waals surface area contributed by atoms with E-state index in [1.54, 1.807) is 0 Å². The van der Waals surface area contributed by atoms with Gasteiger partial charge in [-0.25, -0.2) is 0 Å². The van der Waals surface area contributed by atoms with Gasteiger partial charge < -0.3 is 10.1 Å². The molecule has 1 saturated heterocycles. The number of hydrogen-bond donors (Lipinski definition) is 1. The molecule has 0 bridgehead atoms. The minimum atomic E-state index is 0.413. The summed E-state index contributed by atoms with van der Waals surface area (Å²) in [6.45, 7) is 7.88. The van der Waals surface area contributed by atoms with Crippen LogP contribution in [-0.2, 0) is 4.74 Å². The Morgan fingerprint density at radius 3 is 2.86 bits per heavy atom. The second-order valence-electron chi connectivity index (χ2n) is 5.21. The van der Waals surface area contributed by atoms with Crippen molar-refractivity contribution in [1.82, 2.24) is 5.32 Å². The summed E-state index contributed by atoms with van der Waals surface area (Å²) in [4.78, 5) is 0. The third-order valence-corrected chi connectivity index (χ3v) is 3.66. The van der Waals surface area contributed by atoms with Crippen molar-refractivity contribution in [2.24, 2.45) is 11.3 Å². The summed E-state index contributed by atoms with van der Waals surface area (Å²) in [6.07, 6.45) is 5.81. The lowest BCUT2D eigenvalue weighted by Crippen LogP contribution is -2.39. The van der Waals surface area contributed by atoms with E-state index in [4.69, 9.17) is 4.74 Å². The van der Waals surface area contributed by atoms with Gasteiger partial charge >= 0.3 is 0 Å². The van der Waals surface area contributed by atoms with Crippen molar-refractivity contribution >= 4 is 0 Å². The molecule has 2 unspecified atom stereocenters. The molecule has 0 amide bonds. The summed E-state index contributed by atoms with van der Waals surface area (Å²) in [5, 5.41) is 3.55. The molecule has 2 heteroatoms. The molecule has 82 valence electrons. The van der Waals surface area contributed by atoms with Crippen molar-refractivity contribution in [1.29, 1.82) is 0 Å². The third kappa shape index (κ3) is 2.12. The number of ether oxygens (including phenoxy) is 1. The molecule has 0 aromatic rings. The number of hydrogen-bond acceptors (Lipinski definition) is 2. The molecule has 0 spiro atoms. The maximum Gasteiger partial charge on any atom is 0.0669 e. The maximum atomic E-state index is 5.88. The van der Waals surface area contributed by atoms with Crippen LogP contribution in [0.2, 0.25) is 0 Å². The van der Waals surface area contributed by atoms with E-state index in [1.165, 1.54) is 25.7 Å². The second kappa shape index (κ2) is 4.19. The molecule has 0 aromatic carbocycles. The Hall–Kier alpha value is -0.0800. The first-order valence-electron chi connectivity index (χ1n) is 6.08. The van der Waals surface area contributed by atoms with Crippen molar-refractivity contribution in [3.05, 3.63) is 0 Å². The molecule has 2 aliphatic rings. The van der Waals surface area contributed by atoms with Crippen LogP contribution in [0.25, 0.3) is 0 Å². The molecule has 2 fully saturated rings. The van der Waals surface area contributed by atoms with E-state index in [9.17, 15) is 0 Å². The lowest BCUT2D eigenvalue weighted by molar-refractivity contribution is 0.0388. The standard InChI is InChI=1S/C12H23NO/c1-3-7-13-9-12(2)6-8-14-11(12)10-4-5-10/h10-11,13H,3-9H2,1-2H3. The zero-order chi connectivity index (χ0) is 10.0. The van der Waals surface area contributed by atoms with Crippen LogP contribution in [-0.4, -0.2) is 25.8 Å². The van der Waals surface area contributed by atoms with Crippen molar-refractivity contribution in [2.45, 2.75) is 45.6 Å². The molecule has 0 radical (unpaired) electrons. The van der Waals surface area contributed by atoms with Gasteiger partial charge in [0, 0.05) is 18.6 Å². The highest BCUT2D eigenvalue weighted by Gasteiger charge is 2.47. The molecule has 1 N–H and O–H groups in total. The Bertz CT molecular complexity index is 191. The van der Waals surface area contributed by atoms with Gasteiger partial charge in [0.25, 0.3) is 0 Å². The predicted molar refractivity (Wildman–Crippen MR) is 58.3 cm³/mol. The van der Waals surface area contributed by atoms with E-state index in [0.717, 1.165) is 25.6 Å². The summed E-state index contributed by atoms with van der Waals surface area (Å²) in [7, 11) is 0. The Morgan fingerprint density at radius 2 is 2.21 bits per heavy atom. The van der Waals surface area contributed by atoms with Crippen LogP contribution in [0.1, 0.15) is 39.5 Å². The van der Waals surface area contributed by atoms with Gasteiger partial charge in [0.15, 0.2) is 0 Å². The van der Waals surface area contributed by atoms with Gasteiger partial charge in [-0.2, -0.15) is 0 Å². The Kier molecular flexibility index (Phi) is 3.13. The normalized spacial score (nSPS) is 37.7. The Morgan fingerprint density at radius 1 is 1.43 bits per heavy atom. The SMILES string of the molecule is CCCNCC1(C)CCOC1C1CC1. The van der Waals surface area contributed by atoms with Crippen molar-refractivity contribution in [3.63, 3.8) is 0 Å². The first-order valence-corrected chi connectivity index (χ1v) is 6.08. The van der Waals surface area contributed by atoms with Gasteiger partial charge in [0.05, 0.1) is 6.10 Å². The summed E-state index contributed by atoms with van der Waals surface area (Å²) in [6, 6.07) is 0. The zero-order valence-electron chi connectivity index (χ0n) is 9.51. The maximum absolute atomic E-state index is 5.88. The molecule has 2 nitrogen and oxygen atoms in total. The topological polar surface area (TPSA) is 21.3 Å². The predicted octanol–water partition coefficient (Wildman–Crippen LogP) is 2.19. The highest BCUT2D eigenvalue weighted by atomic mass is 16.5. The average molecular weight is 197 g/mol. The van der Waals surface area contributed by atoms with Gasteiger partial charge in [-0.1, -0.05) is 13.8 Å². The largest absolute Gasteiger partial charge is 0.377 e. The molecule has 1 heterocycles. The lowest BCUT2D eigenvalue weighted by Gasteiger charge is -2.30. The smallest absolute Gasteiger partial charge is 0.0669 e. The second-order valence-corrected chi connectivity index (χ2v) is 5.21. The van der Waals surface area contributed by atoms with Gasteiger partial charge in [-0.05, 0) is 38.1 Å². The van der Waals surface area contributed by atoms with Crippen LogP contribution in [0, 0.1) is 11.3 Å². The molecule has 1 aliphatic heterocycles. The molecule has 1 saturated carbocycles. The van der Waals surface area contributed by atoms with E-state index in [2.05, 4.69) is 19.2 Å². The molecule has 2 atom stereocenters. The van der Waals surface area contributed by atoms with Crippen molar-refractivity contribution < 1.29 is 4.74 Å². The van der Waals surface area contributed by atoms with Gasteiger partial charge in [0.1, 0.15) is 0 Å². The van der Waals surface area contributed by atoms with E-state index in [1.807, 2.05) is 0 Å². The van der Waals surface area contributed by atoms with Crippen molar-refractivity contribution in [2.75, 3.05) is 19.7 Å². The molecule has 14 heavy (non-hydrogen) atoms. The average Bonchev–Trinajstić information content (AvgIpc) is 2.92. The highest BCUT2D eigenvalue weighted by molar-refractivity contribution is 4.98. The van der Waals surface area contributed by atoms with Gasteiger partial charge in [0.2, 0.25) is 0 Å². The van der Waals surface area contributed by atoms with Crippen LogP contribution >= 0.6 is 0 Å². The fraction of sp³-hybridized carbons (Fsp3) is 1.00. The first kappa shape index (κ1) is 10.4. The van der Waals surface area contributed by atoms with Crippen LogP contribution in [0.4, 0.5) is 0 Å². The molecule has 2 rings (SSSR count). The Labute approximate surface area is 87.4 Å². The van der Waals surface area contributed by atoms with Crippen molar-refractivity contribution in [3.8, 4) is 0 Å². The minimum Gasteiger partial charge on any atom is -0.377 e. The quantitative estimate of drug-likeness (QED) is 0.682.